The monoisotopic (exact) mass is 254 g/mol. The largest absolute Gasteiger partial charge is 0.444 e. The van der Waals surface area contributed by atoms with Crippen LogP contribution in [0.15, 0.2) is 5.51 Å². The van der Waals surface area contributed by atoms with Crippen molar-refractivity contribution in [3.8, 4) is 0 Å². The lowest BCUT2D eigenvalue weighted by Gasteiger charge is -2.34. The second-order valence-corrected chi connectivity index (χ2v) is 6.20. The summed E-state index contributed by atoms with van der Waals surface area (Å²) in [7, 11) is 0. The molecular formula is C12H18N2O2S. The van der Waals surface area contributed by atoms with Crippen LogP contribution in [0.25, 0.3) is 0 Å². The molecule has 0 N–H and O–H groups in total. The molecule has 1 aromatic heterocycles. The first kappa shape index (κ1) is 12.4. The van der Waals surface area contributed by atoms with Crippen molar-refractivity contribution >= 4 is 17.4 Å². The van der Waals surface area contributed by atoms with Gasteiger partial charge in [0.05, 0.1) is 17.2 Å². The molecule has 1 aromatic rings. The van der Waals surface area contributed by atoms with Crippen molar-refractivity contribution < 1.29 is 9.53 Å². The summed E-state index contributed by atoms with van der Waals surface area (Å²) >= 11 is 1.67. The molecule has 1 atom stereocenters. The minimum atomic E-state index is -0.445. The number of fused-ring (bicyclic) bond motifs is 1. The van der Waals surface area contributed by atoms with Gasteiger partial charge in [-0.05, 0) is 27.7 Å². The highest BCUT2D eigenvalue weighted by atomic mass is 32.1. The SMILES string of the molecule is CC1c2ncsc2CCN1C(=O)OC(C)(C)C. The number of carbonyl (C=O) groups is 1. The van der Waals surface area contributed by atoms with Crippen molar-refractivity contribution in [3.05, 3.63) is 16.1 Å². The average Bonchev–Trinajstić information content (AvgIpc) is 2.63. The molecule has 0 radical (unpaired) electrons. The van der Waals surface area contributed by atoms with Gasteiger partial charge in [0, 0.05) is 17.8 Å². The Morgan fingerprint density at radius 1 is 1.59 bits per heavy atom. The standard InChI is InChI=1S/C12H18N2O2S/c1-8-10-9(17-7-13-10)5-6-14(8)11(15)16-12(2,3)4/h7-8H,5-6H2,1-4H3. The second kappa shape index (κ2) is 4.29. The Labute approximate surface area is 106 Å². The van der Waals surface area contributed by atoms with E-state index in [1.54, 1.807) is 16.2 Å². The number of amides is 1. The van der Waals surface area contributed by atoms with Crippen LogP contribution in [0.1, 0.15) is 44.3 Å². The molecule has 1 aliphatic heterocycles. The molecule has 0 aliphatic carbocycles. The van der Waals surface area contributed by atoms with E-state index >= 15 is 0 Å². The highest BCUT2D eigenvalue weighted by molar-refractivity contribution is 7.09. The minimum Gasteiger partial charge on any atom is -0.444 e. The predicted molar refractivity (Wildman–Crippen MR) is 67.2 cm³/mol. The normalized spacial score (nSPS) is 20.0. The van der Waals surface area contributed by atoms with Gasteiger partial charge in [0.15, 0.2) is 0 Å². The van der Waals surface area contributed by atoms with Crippen LogP contribution >= 0.6 is 11.3 Å². The van der Waals surface area contributed by atoms with E-state index in [2.05, 4.69) is 4.98 Å². The van der Waals surface area contributed by atoms with Gasteiger partial charge in [0.1, 0.15) is 5.60 Å². The van der Waals surface area contributed by atoms with E-state index in [1.807, 2.05) is 33.2 Å². The van der Waals surface area contributed by atoms with Gasteiger partial charge in [-0.2, -0.15) is 0 Å². The van der Waals surface area contributed by atoms with Crippen LogP contribution < -0.4 is 0 Å². The molecule has 1 aliphatic rings. The molecule has 94 valence electrons. The molecular weight excluding hydrogens is 236 g/mol. The van der Waals surface area contributed by atoms with Gasteiger partial charge in [-0.1, -0.05) is 0 Å². The van der Waals surface area contributed by atoms with E-state index in [4.69, 9.17) is 4.74 Å². The first-order chi connectivity index (χ1) is 7.88. The van der Waals surface area contributed by atoms with Crippen LogP contribution in [0.5, 0.6) is 0 Å². The molecule has 0 spiro atoms. The van der Waals surface area contributed by atoms with Crippen LogP contribution in [-0.4, -0.2) is 28.1 Å². The first-order valence-corrected chi connectivity index (χ1v) is 6.68. The summed E-state index contributed by atoms with van der Waals surface area (Å²) in [5.74, 6) is 0. The maximum Gasteiger partial charge on any atom is 0.410 e. The molecule has 17 heavy (non-hydrogen) atoms. The highest BCUT2D eigenvalue weighted by Gasteiger charge is 2.32. The topological polar surface area (TPSA) is 42.4 Å². The van der Waals surface area contributed by atoms with E-state index in [-0.39, 0.29) is 12.1 Å². The van der Waals surface area contributed by atoms with E-state index in [0.29, 0.717) is 6.54 Å². The van der Waals surface area contributed by atoms with E-state index < -0.39 is 5.60 Å². The van der Waals surface area contributed by atoms with Crippen molar-refractivity contribution in [1.29, 1.82) is 0 Å². The molecule has 1 amide bonds. The Bertz CT molecular complexity index is 422. The van der Waals surface area contributed by atoms with Gasteiger partial charge >= 0.3 is 6.09 Å². The molecule has 0 bridgehead atoms. The lowest BCUT2D eigenvalue weighted by atomic mass is 10.1. The molecule has 0 fully saturated rings. The number of hydrogen-bond acceptors (Lipinski definition) is 4. The molecule has 2 rings (SSSR count). The van der Waals surface area contributed by atoms with Crippen molar-refractivity contribution in [2.75, 3.05) is 6.54 Å². The number of carbonyl (C=O) groups excluding carboxylic acids is 1. The van der Waals surface area contributed by atoms with Crippen molar-refractivity contribution in [2.24, 2.45) is 0 Å². The van der Waals surface area contributed by atoms with Gasteiger partial charge in [0.2, 0.25) is 0 Å². The van der Waals surface area contributed by atoms with Gasteiger partial charge in [-0.25, -0.2) is 9.78 Å². The third-order valence-corrected chi connectivity index (χ3v) is 3.65. The Morgan fingerprint density at radius 3 is 2.94 bits per heavy atom. The smallest absolute Gasteiger partial charge is 0.410 e. The van der Waals surface area contributed by atoms with Crippen molar-refractivity contribution in [3.63, 3.8) is 0 Å². The minimum absolute atomic E-state index is 0.0137. The lowest BCUT2D eigenvalue weighted by Crippen LogP contribution is -2.41. The van der Waals surface area contributed by atoms with Crippen molar-refractivity contribution in [1.82, 2.24) is 9.88 Å². The van der Waals surface area contributed by atoms with Crippen LogP contribution in [-0.2, 0) is 11.2 Å². The number of aromatic nitrogens is 1. The Kier molecular flexibility index (Phi) is 3.12. The molecule has 0 saturated heterocycles. The van der Waals surface area contributed by atoms with Gasteiger partial charge in [-0.3, -0.25) is 4.90 Å². The highest BCUT2D eigenvalue weighted by Crippen LogP contribution is 2.31. The Hall–Kier alpha value is -1.10. The zero-order valence-electron chi connectivity index (χ0n) is 10.7. The van der Waals surface area contributed by atoms with E-state index in [9.17, 15) is 4.79 Å². The third kappa shape index (κ3) is 2.60. The molecule has 2 heterocycles. The summed E-state index contributed by atoms with van der Waals surface area (Å²) in [4.78, 5) is 19.4. The first-order valence-electron chi connectivity index (χ1n) is 5.80. The fraction of sp³-hybridized carbons (Fsp3) is 0.667. The van der Waals surface area contributed by atoms with Gasteiger partial charge in [0.25, 0.3) is 0 Å². The molecule has 0 aromatic carbocycles. The molecule has 0 saturated carbocycles. The number of thiazole rings is 1. The molecule has 1 unspecified atom stereocenters. The summed E-state index contributed by atoms with van der Waals surface area (Å²) in [5, 5.41) is 0. The summed E-state index contributed by atoms with van der Waals surface area (Å²) in [5.41, 5.74) is 2.42. The lowest BCUT2D eigenvalue weighted by molar-refractivity contribution is 0.0157. The van der Waals surface area contributed by atoms with Gasteiger partial charge < -0.3 is 4.74 Å². The number of nitrogens with zero attached hydrogens (tertiary/aromatic N) is 2. The van der Waals surface area contributed by atoms with Gasteiger partial charge in [-0.15, -0.1) is 11.3 Å². The third-order valence-electron chi connectivity index (χ3n) is 2.74. The summed E-state index contributed by atoms with van der Waals surface area (Å²) < 4.78 is 5.40. The average molecular weight is 254 g/mol. The van der Waals surface area contributed by atoms with E-state index in [1.165, 1.54) is 4.88 Å². The van der Waals surface area contributed by atoms with Crippen molar-refractivity contribution in [2.45, 2.75) is 45.8 Å². The molecule has 5 heteroatoms. The molecule has 4 nitrogen and oxygen atoms in total. The van der Waals surface area contributed by atoms with Crippen LogP contribution in [0, 0.1) is 0 Å². The quantitative estimate of drug-likeness (QED) is 0.714. The van der Waals surface area contributed by atoms with E-state index in [0.717, 1.165) is 12.1 Å². The summed E-state index contributed by atoms with van der Waals surface area (Å²) in [6.07, 6.45) is 0.632. The Balaban J connectivity index is 2.12. The Morgan fingerprint density at radius 2 is 2.29 bits per heavy atom. The van der Waals surface area contributed by atoms with Crippen LogP contribution in [0.2, 0.25) is 0 Å². The fourth-order valence-corrected chi connectivity index (χ4v) is 2.79. The fourth-order valence-electron chi connectivity index (χ4n) is 1.94. The summed E-state index contributed by atoms with van der Waals surface area (Å²) in [6, 6.07) is 0.0137. The number of hydrogen-bond donors (Lipinski definition) is 0. The second-order valence-electron chi connectivity index (χ2n) is 5.26. The number of rotatable bonds is 0. The maximum atomic E-state index is 12.0. The van der Waals surface area contributed by atoms with Crippen LogP contribution in [0.4, 0.5) is 4.79 Å². The zero-order chi connectivity index (χ0) is 12.6. The van der Waals surface area contributed by atoms with Crippen LogP contribution in [0.3, 0.4) is 0 Å². The predicted octanol–water partition coefficient (Wildman–Crippen LogP) is 3.00. The maximum absolute atomic E-state index is 12.0. The zero-order valence-corrected chi connectivity index (χ0v) is 11.5. The summed E-state index contributed by atoms with van der Waals surface area (Å²) in [6.45, 7) is 8.36. The number of ether oxygens (including phenoxy) is 1.